The molecule has 1 aromatic heterocycles. The molecule has 9 heavy (non-hydrogen) atoms. The zero-order valence-electron chi connectivity index (χ0n) is 4.59. The van der Waals surface area contributed by atoms with Crippen LogP contribution < -0.4 is 0 Å². The first kappa shape index (κ1) is 12.3. The lowest BCUT2D eigenvalue weighted by atomic mass is 10.7. The predicted molar refractivity (Wildman–Crippen MR) is 48.1 cm³/mol. The van der Waals surface area contributed by atoms with Crippen LogP contribution in [0.15, 0.2) is 22.9 Å². The van der Waals surface area contributed by atoms with Gasteiger partial charge in [0.1, 0.15) is 0 Å². The highest BCUT2D eigenvalue weighted by Crippen LogP contribution is 1.91. The summed E-state index contributed by atoms with van der Waals surface area (Å²) in [5, 5.41) is 4.28. The van der Waals surface area contributed by atoms with Crippen molar-refractivity contribution in [1.82, 2.24) is 0 Å². The maximum Gasteiger partial charge on any atom is 0.0967 e. The average molecular weight is 206 g/mol. The molecular weight excluding hydrogens is 198 g/mol. The fourth-order valence-corrected chi connectivity index (χ4v) is 0.680. The van der Waals surface area contributed by atoms with E-state index in [4.69, 9.17) is 23.2 Å². The monoisotopic (exact) mass is 204 g/mol. The van der Waals surface area contributed by atoms with E-state index in [1.54, 1.807) is 11.3 Å². The minimum Gasteiger partial charge on any atom is -0.152 e. The smallest absolute Gasteiger partial charge is 0.0967 e. The highest BCUT2D eigenvalue weighted by atomic mass is 35.5. The molecule has 1 aromatic rings. The van der Waals surface area contributed by atoms with Gasteiger partial charge in [0.05, 0.1) is 5.34 Å². The van der Waals surface area contributed by atoms with Crippen LogP contribution in [-0.2, 0) is 0 Å². The molecule has 0 bridgehead atoms. The first-order chi connectivity index (χ1) is 3.91. The molecular formula is C5H7Cl3S. The Balaban J connectivity index is 0. The summed E-state index contributed by atoms with van der Waals surface area (Å²) in [6, 6.07) is 4.04. The largest absolute Gasteiger partial charge is 0.152 e. The predicted octanol–water partition coefficient (Wildman–Crippen LogP) is 3.59. The molecule has 0 amide bonds. The van der Waals surface area contributed by atoms with Gasteiger partial charge in [0.2, 0.25) is 0 Å². The number of alkyl halides is 2. The minimum atomic E-state index is 0. The Morgan fingerprint density at radius 2 is 1.44 bits per heavy atom. The summed E-state index contributed by atoms with van der Waals surface area (Å²) in [7, 11) is 0. The molecule has 54 valence electrons. The second-order valence-electron chi connectivity index (χ2n) is 0.894. The van der Waals surface area contributed by atoms with E-state index < -0.39 is 0 Å². The van der Waals surface area contributed by atoms with Gasteiger partial charge < -0.3 is 0 Å². The van der Waals surface area contributed by atoms with Crippen LogP contribution in [0.5, 0.6) is 0 Å². The van der Waals surface area contributed by atoms with Crippen molar-refractivity contribution in [3.8, 4) is 0 Å². The third-order valence-electron chi connectivity index (χ3n) is 0.425. The lowest BCUT2D eigenvalue weighted by molar-refractivity contribution is 2.03. The number of hydrogen-bond acceptors (Lipinski definition) is 1. The summed E-state index contributed by atoms with van der Waals surface area (Å²) in [6.07, 6.45) is 0. The molecule has 0 aliphatic heterocycles. The van der Waals surface area contributed by atoms with E-state index in [0.29, 0.717) is 0 Å². The molecule has 0 radical (unpaired) electrons. The van der Waals surface area contributed by atoms with Crippen LogP contribution in [0.3, 0.4) is 0 Å². The third kappa shape index (κ3) is 11.9. The van der Waals surface area contributed by atoms with Gasteiger partial charge in [-0.25, -0.2) is 0 Å². The Morgan fingerprint density at radius 1 is 1.11 bits per heavy atom. The summed E-state index contributed by atoms with van der Waals surface area (Å²) >= 11 is 11.2. The average Bonchev–Trinajstić information content (AvgIpc) is 2.17. The van der Waals surface area contributed by atoms with Crippen LogP contribution in [-0.4, -0.2) is 5.34 Å². The Bertz CT molecular complexity index is 79.1. The summed E-state index contributed by atoms with van der Waals surface area (Å²) < 4.78 is 0. The van der Waals surface area contributed by atoms with Crippen LogP contribution in [0.25, 0.3) is 0 Å². The fraction of sp³-hybridized carbons (Fsp3) is 0.200. The Morgan fingerprint density at radius 3 is 1.56 bits per heavy atom. The SMILES string of the molecule is Cl.ClCCl.c1ccsc1. The molecule has 1 rings (SSSR count). The van der Waals surface area contributed by atoms with Gasteiger partial charge in [-0.05, 0) is 10.8 Å². The maximum atomic E-state index is 4.76. The molecule has 0 N–H and O–H groups in total. The van der Waals surface area contributed by atoms with Gasteiger partial charge in [0.25, 0.3) is 0 Å². The van der Waals surface area contributed by atoms with Gasteiger partial charge in [-0.2, -0.15) is 11.3 Å². The van der Waals surface area contributed by atoms with Crippen molar-refractivity contribution < 1.29 is 0 Å². The van der Waals surface area contributed by atoms with E-state index in [1.807, 2.05) is 22.9 Å². The highest BCUT2D eigenvalue weighted by Gasteiger charge is 1.58. The first-order valence-corrected chi connectivity index (χ1v) is 4.02. The Hall–Kier alpha value is 0.570. The zero-order valence-corrected chi connectivity index (χ0v) is 7.73. The normalized spacial score (nSPS) is 6.44. The zero-order chi connectivity index (χ0) is 6.24. The molecule has 0 nitrogen and oxygen atoms in total. The van der Waals surface area contributed by atoms with E-state index >= 15 is 0 Å². The molecule has 0 saturated carbocycles. The van der Waals surface area contributed by atoms with Crippen LogP contribution in [0.2, 0.25) is 0 Å². The summed E-state index contributed by atoms with van der Waals surface area (Å²) in [6.45, 7) is 0. The van der Waals surface area contributed by atoms with Gasteiger partial charge >= 0.3 is 0 Å². The molecule has 1 heterocycles. The van der Waals surface area contributed by atoms with Crippen molar-refractivity contribution in [3.05, 3.63) is 22.9 Å². The Kier molecular flexibility index (Phi) is 15.5. The van der Waals surface area contributed by atoms with Crippen molar-refractivity contribution in [3.63, 3.8) is 0 Å². The molecule has 0 atom stereocenters. The number of rotatable bonds is 0. The molecule has 0 saturated heterocycles. The van der Waals surface area contributed by atoms with Gasteiger partial charge in [0, 0.05) is 0 Å². The van der Waals surface area contributed by atoms with Gasteiger partial charge in [0.15, 0.2) is 0 Å². The molecule has 4 heteroatoms. The van der Waals surface area contributed by atoms with Crippen molar-refractivity contribution in [1.29, 1.82) is 0 Å². The number of hydrogen-bond donors (Lipinski definition) is 0. The summed E-state index contributed by atoms with van der Waals surface area (Å²) in [5.74, 6) is 0. The maximum absolute atomic E-state index is 4.76. The van der Waals surface area contributed by atoms with E-state index in [9.17, 15) is 0 Å². The van der Waals surface area contributed by atoms with Gasteiger partial charge in [-0.1, -0.05) is 12.1 Å². The van der Waals surface area contributed by atoms with Crippen molar-refractivity contribution in [2.24, 2.45) is 0 Å². The highest BCUT2D eigenvalue weighted by molar-refractivity contribution is 7.07. The standard InChI is InChI=1S/C4H4S.CH2Cl2.ClH/c1-2-4-5-3-1;2-1-3;/h1-4H;1H2;1H. The Labute approximate surface area is 75.2 Å². The van der Waals surface area contributed by atoms with Crippen LogP contribution in [0.1, 0.15) is 0 Å². The lowest BCUT2D eigenvalue weighted by Gasteiger charge is -1.42. The second kappa shape index (κ2) is 11.4. The molecule has 0 unspecified atom stereocenters. The van der Waals surface area contributed by atoms with Gasteiger partial charge in [-0.3, -0.25) is 0 Å². The molecule has 0 spiro atoms. The fourth-order valence-electron chi connectivity index (χ4n) is 0.227. The number of thiophene rings is 1. The van der Waals surface area contributed by atoms with E-state index in [-0.39, 0.29) is 17.7 Å². The van der Waals surface area contributed by atoms with E-state index in [1.165, 1.54) is 0 Å². The first-order valence-electron chi connectivity index (χ1n) is 2.01. The quantitative estimate of drug-likeness (QED) is 0.568. The van der Waals surface area contributed by atoms with E-state index in [0.717, 1.165) is 0 Å². The third-order valence-corrected chi connectivity index (χ3v) is 1.05. The van der Waals surface area contributed by atoms with Crippen LogP contribution >= 0.6 is 46.9 Å². The topological polar surface area (TPSA) is 0 Å². The van der Waals surface area contributed by atoms with E-state index in [2.05, 4.69) is 0 Å². The molecule has 0 aromatic carbocycles. The van der Waals surface area contributed by atoms with Crippen LogP contribution in [0, 0.1) is 0 Å². The molecule has 0 fully saturated rings. The lowest BCUT2D eigenvalue weighted by Crippen LogP contribution is -1.24. The molecule has 0 aliphatic carbocycles. The minimum absolute atomic E-state index is 0. The van der Waals surface area contributed by atoms with Crippen molar-refractivity contribution >= 4 is 46.9 Å². The summed E-state index contributed by atoms with van der Waals surface area (Å²) in [5.41, 5.74) is 0. The second-order valence-corrected chi connectivity index (χ2v) is 2.52. The van der Waals surface area contributed by atoms with Crippen molar-refractivity contribution in [2.45, 2.75) is 0 Å². The van der Waals surface area contributed by atoms with Gasteiger partial charge in [-0.15, -0.1) is 35.6 Å². The van der Waals surface area contributed by atoms with Crippen LogP contribution in [0.4, 0.5) is 0 Å². The van der Waals surface area contributed by atoms with Crippen molar-refractivity contribution in [2.75, 3.05) is 5.34 Å². The summed E-state index contributed by atoms with van der Waals surface area (Å²) in [4.78, 5) is 0. The number of halogens is 3. The molecule has 0 aliphatic rings.